The summed E-state index contributed by atoms with van der Waals surface area (Å²) in [6, 6.07) is 9.25. The minimum absolute atomic E-state index is 0.271. The highest BCUT2D eigenvalue weighted by Gasteiger charge is 2.12. The first-order valence-electron chi connectivity index (χ1n) is 5.71. The number of nitrogens with zero attached hydrogens (tertiary/aromatic N) is 2. The Labute approximate surface area is 127 Å². The molecule has 1 amide bonds. The van der Waals surface area contributed by atoms with Crippen LogP contribution in [0.5, 0.6) is 0 Å². The predicted molar refractivity (Wildman–Crippen MR) is 83.9 cm³/mol. The number of halogens is 1. The molecule has 0 spiro atoms. The van der Waals surface area contributed by atoms with Crippen molar-refractivity contribution in [1.82, 2.24) is 9.97 Å². The molecule has 0 bridgehead atoms. The van der Waals surface area contributed by atoms with Gasteiger partial charge in [-0.2, -0.15) is 0 Å². The normalized spacial score (nSPS) is 10.7. The van der Waals surface area contributed by atoms with Crippen LogP contribution < -0.4 is 11.1 Å². The maximum Gasteiger partial charge on any atom is 0.276 e. The number of hydrogen-bond acceptors (Lipinski definition) is 5. The van der Waals surface area contributed by atoms with E-state index in [2.05, 4.69) is 31.2 Å². The Hall–Kier alpha value is -1.99. The Bertz CT molecular complexity index is 802. The quantitative estimate of drug-likeness (QED) is 0.744. The van der Waals surface area contributed by atoms with Crippen LogP contribution in [0.2, 0.25) is 0 Å². The van der Waals surface area contributed by atoms with Crippen LogP contribution in [0.4, 0.5) is 10.9 Å². The summed E-state index contributed by atoms with van der Waals surface area (Å²) in [4.78, 5) is 20.3. The minimum Gasteiger partial charge on any atom is -0.383 e. The van der Waals surface area contributed by atoms with Crippen molar-refractivity contribution in [3.63, 3.8) is 0 Å². The van der Waals surface area contributed by atoms with Gasteiger partial charge >= 0.3 is 0 Å². The van der Waals surface area contributed by atoms with Crippen molar-refractivity contribution >= 4 is 54.9 Å². The van der Waals surface area contributed by atoms with Gasteiger partial charge in [0.15, 0.2) is 5.13 Å². The number of benzene rings is 1. The van der Waals surface area contributed by atoms with Crippen molar-refractivity contribution in [2.24, 2.45) is 0 Å². The smallest absolute Gasteiger partial charge is 0.276 e. The molecule has 0 aliphatic carbocycles. The van der Waals surface area contributed by atoms with E-state index in [9.17, 15) is 4.79 Å². The highest BCUT2D eigenvalue weighted by molar-refractivity contribution is 9.11. The van der Waals surface area contributed by atoms with Crippen molar-refractivity contribution < 1.29 is 4.79 Å². The topological polar surface area (TPSA) is 80.9 Å². The molecule has 3 N–H and O–H groups in total. The monoisotopic (exact) mass is 348 g/mol. The zero-order valence-electron chi connectivity index (χ0n) is 10.1. The molecule has 2 aromatic heterocycles. The van der Waals surface area contributed by atoms with Gasteiger partial charge in [0.25, 0.3) is 5.91 Å². The molecule has 0 radical (unpaired) electrons. The summed E-state index contributed by atoms with van der Waals surface area (Å²) in [6.07, 6.45) is 1.63. The fourth-order valence-corrected chi connectivity index (χ4v) is 2.92. The Morgan fingerprint density at radius 1 is 1.35 bits per heavy atom. The highest BCUT2D eigenvalue weighted by atomic mass is 79.9. The third-order valence-electron chi connectivity index (χ3n) is 2.70. The first kappa shape index (κ1) is 13.0. The van der Waals surface area contributed by atoms with Gasteiger partial charge in [0, 0.05) is 5.39 Å². The molecule has 7 heteroatoms. The van der Waals surface area contributed by atoms with Crippen molar-refractivity contribution in [3.05, 3.63) is 46.0 Å². The fourth-order valence-electron chi connectivity index (χ4n) is 1.82. The number of amides is 1. The van der Waals surface area contributed by atoms with Gasteiger partial charge in [-0.25, -0.2) is 9.97 Å². The first-order valence-corrected chi connectivity index (χ1v) is 7.32. The number of carbonyl (C=O) groups is 1. The Morgan fingerprint density at radius 2 is 2.15 bits per heavy atom. The van der Waals surface area contributed by atoms with Gasteiger partial charge in [-0.1, -0.05) is 35.6 Å². The summed E-state index contributed by atoms with van der Waals surface area (Å²) in [7, 11) is 0. The number of fused-ring (bicyclic) bond motifs is 1. The molecule has 5 nitrogen and oxygen atoms in total. The lowest BCUT2D eigenvalue weighted by molar-refractivity contribution is 0.102. The fraction of sp³-hybridized carbons (Fsp3) is 0. The van der Waals surface area contributed by atoms with Crippen LogP contribution in [0.15, 0.2) is 40.3 Å². The van der Waals surface area contributed by atoms with Gasteiger partial charge in [0.2, 0.25) is 0 Å². The standard InChI is InChI=1S/C13H9BrN4OS/c14-10-6-16-13(20-10)18-12(19)9-5-7-3-1-2-4-8(7)11(15)17-9/h1-6H,(H2,15,17)(H,16,18,19). The van der Waals surface area contributed by atoms with Crippen molar-refractivity contribution in [2.45, 2.75) is 0 Å². The van der Waals surface area contributed by atoms with Crippen LogP contribution in [0.25, 0.3) is 10.8 Å². The number of nitrogens with two attached hydrogens (primary N) is 1. The predicted octanol–water partition coefficient (Wildman–Crippen LogP) is 3.29. The zero-order chi connectivity index (χ0) is 14.1. The molecule has 0 aliphatic rings. The lowest BCUT2D eigenvalue weighted by atomic mass is 10.1. The molecular weight excluding hydrogens is 340 g/mol. The molecule has 0 aliphatic heterocycles. The SMILES string of the molecule is Nc1nc(C(=O)Nc2ncc(Br)s2)cc2ccccc12. The van der Waals surface area contributed by atoms with Crippen LogP contribution in [-0.4, -0.2) is 15.9 Å². The van der Waals surface area contributed by atoms with E-state index in [1.807, 2.05) is 24.3 Å². The maximum atomic E-state index is 12.1. The number of thiazole rings is 1. The van der Waals surface area contributed by atoms with Crippen molar-refractivity contribution in [2.75, 3.05) is 11.1 Å². The second-order valence-corrected chi connectivity index (χ2v) is 6.45. The van der Waals surface area contributed by atoms with Gasteiger partial charge in [0.05, 0.1) is 9.98 Å². The first-order chi connectivity index (χ1) is 9.63. The van der Waals surface area contributed by atoms with E-state index in [-0.39, 0.29) is 11.6 Å². The number of aromatic nitrogens is 2. The maximum absolute atomic E-state index is 12.1. The number of carbonyl (C=O) groups excluding carboxylic acids is 1. The second-order valence-electron chi connectivity index (χ2n) is 4.04. The lowest BCUT2D eigenvalue weighted by Gasteiger charge is -2.05. The number of anilines is 2. The number of nitrogen functional groups attached to an aromatic ring is 1. The van der Waals surface area contributed by atoms with Crippen LogP contribution in [0.1, 0.15) is 10.5 Å². The van der Waals surface area contributed by atoms with Gasteiger partial charge in [-0.15, -0.1) is 0 Å². The van der Waals surface area contributed by atoms with Gasteiger partial charge < -0.3 is 5.73 Å². The Kier molecular flexibility index (Phi) is 3.37. The Balaban J connectivity index is 1.95. The average molecular weight is 349 g/mol. The molecule has 0 unspecified atom stereocenters. The number of nitrogens with one attached hydrogen (secondary N) is 1. The number of rotatable bonds is 2. The van der Waals surface area contributed by atoms with E-state index in [0.717, 1.165) is 14.6 Å². The number of hydrogen-bond donors (Lipinski definition) is 2. The van der Waals surface area contributed by atoms with Crippen LogP contribution in [-0.2, 0) is 0 Å². The van der Waals surface area contributed by atoms with Gasteiger partial charge in [0.1, 0.15) is 11.5 Å². The largest absolute Gasteiger partial charge is 0.383 e. The van der Waals surface area contributed by atoms with Crippen LogP contribution in [0, 0.1) is 0 Å². The van der Waals surface area contributed by atoms with E-state index in [1.54, 1.807) is 12.3 Å². The average Bonchev–Trinajstić information content (AvgIpc) is 2.84. The molecule has 3 aromatic rings. The molecule has 0 saturated heterocycles. The summed E-state index contributed by atoms with van der Waals surface area (Å²) < 4.78 is 0.846. The molecule has 100 valence electrons. The van der Waals surface area contributed by atoms with E-state index >= 15 is 0 Å². The van der Waals surface area contributed by atoms with Gasteiger partial charge in [-0.05, 0) is 27.4 Å². The summed E-state index contributed by atoms with van der Waals surface area (Å²) in [5.41, 5.74) is 6.15. The molecule has 2 heterocycles. The molecule has 0 atom stereocenters. The molecular formula is C13H9BrN4OS. The van der Waals surface area contributed by atoms with Crippen LogP contribution in [0.3, 0.4) is 0 Å². The molecule has 3 rings (SSSR count). The van der Waals surface area contributed by atoms with E-state index < -0.39 is 0 Å². The second kappa shape index (κ2) is 5.18. The third-order valence-corrected chi connectivity index (χ3v) is 4.09. The number of pyridine rings is 1. The van der Waals surface area contributed by atoms with Crippen LogP contribution >= 0.6 is 27.3 Å². The van der Waals surface area contributed by atoms with E-state index in [1.165, 1.54) is 11.3 Å². The van der Waals surface area contributed by atoms with E-state index in [0.29, 0.717) is 10.9 Å². The summed E-state index contributed by atoms with van der Waals surface area (Å²) in [5, 5.41) is 4.92. The molecule has 0 saturated carbocycles. The van der Waals surface area contributed by atoms with Crippen molar-refractivity contribution in [1.29, 1.82) is 0 Å². The molecule has 1 aromatic carbocycles. The lowest BCUT2D eigenvalue weighted by Crippen LogP contribution is -2.14. The summed E-state index contributed by atoms with van der Waals surface area (Å²) >= 11 is 4.62. The summed E-state index contributed by atoms with van der Waals surface area (Å²) in [6.45, 7) is 0. The summed E-state index contributed by atoms with van der Waals surface area (Å²) in [5.74, 6) is 0.0119. The molecule has 20 heavy (non-hydrogen) atoms. The third kappa shape index (κ3) is 2.50. The Morgan fingerprint density at radius 3 is 2.90 bits per heavy atom. The molecule has 0 fully saturated rings. The highest BCUT2D eigenvalue weighted by Crippen LogP contribution is 2.24. The van der Waals surface area contributed by atoms with E-state index in [4.69, 9.17) is 5.73 Å². The van der Waals surface area contributed by atoms with Gasteiger partial charge in [-0.3, -0.25) is 10.1 Å². The minimum atomic E-state index is -0.329. The van der Waals surface area contributed by atoms with Crippen molar-refractivity contribution in [3.8, 4) is 0 Å². The zero-order valence-corrected chi connectivity index (χ0v) is 12.5.